The Bertz CT molecular complexity index is 390. The maximum Gasteiger partial charge on any atom is 0.224 e. The summed E-state index contributed by atoms with van der Waals surface area (Å²) in [6.45, 7) is 6.56. The second-order valence-electron chi connectivity index (χ2n) is 4.81. The third kappa shape index (κ3) is 3.84. The van der Waals surface area contributed by atoms with Crippen molar-refractivity contribution in [1.82, 2.24) is 5.32 Å². The van der Waals surface area contributed by atoms with Gasteiger partial charge in [0.15, 0.2) is 0 Å². The van der Waals surface area contributed by atoms with Gasteiger partial charge in [-0.2, -0.15) is 0 Å². The van der Waals surface area contributed by atoms with Crippen LogP contribution >= 0.6 is 0 Å². The minimum Gasteiger partial charge on any atom is -0.349 e. The van der Waals surface area contributed by atoms with Crippen LogP contribution in [-0.2, 0) is 4.79 Å². The molecule has 3 heteroatoms. The quantitative estimate of drug-likeness (QED) is 0.813. The van der Waals surface area contributed by atoms with E-state index in [0.29, 0.717) is 6.54 Å². The molecule has 100 valence electrons. The number of hydrogen-bond acceptors (Lipinski definition) is 2. The second kappa shape index (κ2) is 7.17. The number of rotatable bonds is 6. The zero-order valence-corrected chi connectivity index (χ0v) is 11.6. The highest BCUT2D eigenvalue weighted by Crippen LogP contribution is 2.17. The number of carbonyl (C=O) groups excluding carboxylic acids is 1. The zero-order valence-electron chi connectivity index (χ0n) is 11.6. The Morgan fingerprint density at radius 3 is 2.61 bits per heavy atom. The largest absolute Gasteiger partial charge is 0.349 e. The minimum absolute atomic E-state index is 0.0320. The van der Waals surface area contributed by atoms with Crippen LogP contribution in [0.5, 0.6) is 0 Å². The number of aryl methyl sites for hydroxylation is 1. The van der Waals surface area contributed by atoms with Crippen LogP contribution in [0, 0.1) is 12.8 Å². The number of nitrogens with two attached hydrogens (primary N) is 1. The lowest BCUT2D eigenvalue weighted by Gasteiger charge is -2.20. The van der Waals surface area contributed by atoms with Gasteiger partial charge in [0.2, 0.25) is 5.91 Å². The average molecular weight is 248 g/mol. The van der Waals surface area contributed by atoms with Crippen LogP contribution in [0.2, 0.25) is 0 Å². The number of hydrogen-bond donors (Lipinski definition) is 2. The van der Waals surface area contributed by atoms with Crippen molar-refractivity contribution >= 4 is 5.91 Å². The molecule has 2 atom stereocenters. The molecule has 1 aromatic carbocycles. The summed E-state index contributed by atoms with van der Waals surface area (Å²) < 4.78 is 0. The second-order valence-corrected chi connectivity index (χ2v) is 4.81. The lowest BCUT2D eigenvalue weighted by Crippen LogP contribution is -2.36. The summed E-state index contributed by atoms with van der Waals surface area (Å²) in [5.41, 5.74) is 8.01. The van der Waals surface area contributed by atoms with Gasteiger partial charge < -0.3 is 11.1 Å². The van der Waals surface area contributed by atoms with Crippen molar-refractivity contribution in [3.05, 3.63) is 35.4 Å². The molecule has 1 rings (SSSR count). The molecule has 0 aliphatic carbocycles. The van der Waals surface area contributed by atoms with E-state index in [9.17, 15) is 4.79 Å². The summed E-state index contributed by atoms with van der Waals surface area (Å²) in [7, 11) is 0. The minimum atomic E-state index is -0.0681. The molecule has 3 nitrogen and oxygen atoms in total. The van der Waals surface area contributed by atoms with Crippen LogP contribution in [0.4, 0.5) is 0 Å². The highest BCUT2D eigenvalue weighted by molar-refractivity contribution is 5.79. The van der Waals surface area contributed by atoms with Crippen LogP contribution < -0.4 is 11.1 Å². The number of amides is 1. The van der Waals surface area contributed by atoms with E-state index in [1.54, 1.807) is 0 Å². The van der Waals surface area contributed by atoms with Gasteiger partial charge in [-0.15, -0.1) is 0 Å². The van der Waals surface area contributed by atoms with Gasteiger partial charge in [0, 0.05) is 6.54 Å². The Kier molecular flexibility index (Phi) is 5.86. The van der Waals surface area contributed by atoms with E-state index >= 15 is 0 Å². The van der Waals surface area contributed by atoms with Crippen LogP contribution in [-0.4, -0.2) is 12.5 Å². The lowest BCUT2D eigenvalue weighted by atomic mass is 9.99. The molecule has 0 aliphatic heterocycles. The SMILES string of the molecule is CCCC(CN)C(=O)N[C@@H](C)c1ccccc1C. The monoisotopic (exact) mass is 248 g/mol. The van der Waals surface area contributed by atoms with E-state index < -0.39 is 0 Å². The fourth-order valence-electron chi connectivity index (χ4n) is 2.19. The van der Waals surface area contributed by atoms with E-state index in [2.05, 4.69) is 31.3 Å². The van der Waals surface area contributed by atoms with E-state index in [1.165, 1.54) is 5.56 Å². The van der Waals surface area contributed by atoms with Gasteiger partial charge in [-0.05, 0) is 31.4 Å². The third-order valence-corrected chi connectivity index (χ3v) is 3.31. The predicted octanol–water partition coefficient (Wildman–Crippen LogP) is 2.55. The Morgan fingerprint density at radius 2 is 2.06 bits per heavy atom. The van der Waals surface area contributed by atoms with Gasteiger partial charge in [-0.25, -0.2) is 0 Å². The molecule has 0 heterocycles. The molecule has 1 unspecified atom stereocenters. The lowest BCUT2D eigenvalue weighted by molar-refractivity contribution is -0.125. The molecule has 0 saturated carbocycles. The topological polar surface area (TPSA) is 55.1 Å². The highest BCUT2D eigenvalue weighted by Gasteiger charge is 2.18. The van der Waals surface area contributed by atoms with Gasteiger partial charge >= 0.3 is 0 Å². The third-order valence-electron chi connectivity index (χ3n) is 3.31. The van der Waals surface area contributed by atoms with Crippen LogP contribution in [0.1, 0.15) is 43.9 Å². The van der Waals surface area contributed by atoms with Crippen LogP contribution in [0.15, 0.2) is 24.3 Å². The first-order chi connectivity index (χ1) is 8.60. The van der Waals surface area contributed by atoms with E-state index in [4.69, 9.17) is 5.73 Å². The number of nitrogens with one attached hydrogen (secondary N) is 1. The van der Waals surface area contributed by atoms with Gasteiger partial charge in [0.25, 0.3) is 0 Å². The normalized spacial score (nSPS) is 14.0. The maximum absolute atomic E-state index is 12.1. The van der Waals surface area contributed by atoms with Crippen molar-refractivity contribution in [1.29, 1.82) is 0 Å². The van der Waals surface area contributed by atoms with E-state index in [0.717, 1.165) is 18.4 Å². The van der Waals surface area contributed by atoms with Crippen molar-refractivity contribution in [2.45, 2.75) is 39.7 Å². The molecular weight excluding hydrogens is 224 g/mol. The molecule has 0 radical (unpaired) electrons. The first-order valence-electron chi connectivity index (χ1n) is 6.66. The summed E-state index contributed by atoms with van der Waals surface area (Å²) in [6, 6.07) is 8.15. The summed E-state index contributed by atoms with van der Waals surface area (Å²) >= 11 is 0. The van der Waals surface area contributed by atoms with Crippen molar-refractivity contribution in [3.8, 4) is 0 Å². The fourth-order valence-corrected chi connectivity index (χ4v) is 2.19. The fraction of sp³-hybridized carbons (Fsp3) is 0.533. The standard InChI is InChI=1S/C15H24N2O/c1-4-7-13(10-16)15(18)17-12(3)14-9-6-5-8-11(14)2/h5-6,8-9,12-13H,4,7,10,16H2,1-3H3,(H,17,18)/t12-,13?/m0/s1. The van der Waals surface area contributed by atoms with Crippen molar-refractivity contribution in [2.24, 2.45) is 11.7 Å². The Hall–Kier alpha value is -1.35. The first kappa shape index (κ1) is 14.7. The van der Waals surface area contributed by atoms with Gasteiger partial charge in [0.05, 0.1) is 12.0 Å². The number of carbonyl (C=O) groups is 1. The average Bonchev–Trinajstić information content (AvgIpc) is 2.36. The molecule has 0 saturated heterocycles. The van der Waals surface area contributed by atoms with Crippen molar-refractivity contribution in [3.63, 3.8) is 0 Å². The summed E-state index contributed by atoms with van der Waals surface area (Å²) in [5, 5.41) is 3.05. The van der Waals surface area contributed by atoms with Crippen LogP contribution in [0.25, 0.3) is 0 Å². The van der Waals surface area contributed by atoms with E-state index in [1.807, 2.05) is 19.1 Å². The first-order valence-corrected chi connectivity index (χ1v) is 6.66. The molecule has 0 aliphatic rings. The smallest absolute Gasteiger partial charge is 0.224 e. The molecule has 3 N–H and O–H groups in total. The molecule has 1 aromatic rings. The van der Waals surface area contributed by atoms with Crippen LogP contribution in [0.3, 0.4) is 0 Å². The molecule has 0 aromatic heterocycles. The summed E-state index contributed by atoms with van der Waals surface area (Å²) in [4.78, 5) is 12.1. The van der Waals surface area contributed by atoms with Gasteiger partial charge in [-0.3, -0.25) is 4.79 Å². The predicted molar refractivity (Wildman–Crippen MR) is 75.2 cm³/mol. The Morgan fingerprint density at radius 1 is 1.39 bits per heavy atom. The van der Waals surface area contributed by atoms with Crippen molar-refractivity contribution < 1.29 is 4.79 Å². The summed E-state index contributed by atoms with van der Waals surface area (Å²) in [6.07, 6.45) is 1.83. The maximum atomic E-state index is 12.1. The van der Waals surface area contributed by atoms with E-state index in [-0.39, 0.29) is 17.9 Å². The van der Waals surface area contributed by atoms with Gasteiger partial charge in [0.1, 0.15) is 0 Å². The Labute approximate surface area is 110 Å². The van der Waals surface area contributed by atoms with Gasteiger partial charge in [-0.1, -0.05) is 37.6 Å². The number of benzene rings is 1. The Balaban J connectivity index is 2.67. The zero-order chi connectivity index (χ0) is 13.5. The summed E-state index contributed by atoms with van der Waals surface area (Å²) in [5.74, 6) is -0.00317. The van der Waals surface area contributed by atoms with Crippen molar-refractivity contribution in [2.75, 3.05) is 6.54 Å². The molecular formula is C15H24N2O. The highest BCUT2D eigenvalue weighted by atomic mass is 16.1. The molecule has 1 amide bonds. The molecule has 0 fully saturated rings. The molecule has 0 spiro atoms. The molecule has 0 bridgehead atoms. The molecule has 18 heavy (non-hydrogen) atoms.